The van der Waals surface area contributed by atoms with Crippen LogP contribution in [0.4, 0.5) is 0 Å². The molecule has 0 saturated carbocycles. The highest BCUT2D eigenvalue weighted by Gasteiger charge is 2.29. The van der Waals surface area contributed by atoms with Gasteiger partial charge in [-0.25, -0.2) is 8.42 Å². The SMILES string of the molecule is CCN(C(C)CN(C)C)S(=O)(=O)c1cc(CO)ccc1Cl. The van der Waals surface area contributed by atoms with Gasteiger partial charge in [-0.2, -0.15) is 4.31 Å². The smallest absolute Gasteiger partial charge is 0.244 e. The first-order valence-electron chi connectivity index (χ1n) is 6.79. The molecular weight excluding hydrogens is 312 g/mol. The molecule has 0 aromatic heterocycles. The van der Waals surface area contributed by atoms with E-state index in [0.29, 0.717) is 18.7 Å². The number of rotatable bonds is 7. The molecule has 0 saturated heterocycles. The molecule has 0 aliphatic rings. The van der Waals surface area contributed by atoms with E-state index in [0.717, 1.165) is 0 Å². The number of benzene rings is 1. The second-order valence-electron chi connectivity index (χ2n) is 5.24. The monoisotopic (exact) mass is 334 g/mol. The topological polar surface area (TPSA) is 60.9 Å². The molecule has 0 fully saturated rings. The van der Waals surface area contributed by atoms with Gasteiger partial charge in [0.05, 0.1) is 11.6 Å². The molecular formula is C14H23ClN2O3S. The Hall–Kier alpha value is -0.660. The van der Waals surface area contributed by atoms with Crippen molar-refractivity contribution in [1.82, 2.24) is 9.21 Å². The van der Waals surface area contributed by atoms with E-state index < -0.39 is 10.0 Å². The van der Waals surface area contributed by atoms with Crippen LogP contribution in [-0.2, 0) is 16.6 Å². The summed E-state index contributed by atoms with van der Waals surface area (Å²) >= 11 is 6.05. The molecule has 1 unspecified atom stereocenters. The molecule has 0 amide bonds. The zero-order chi connectivity index (χ0) is 16.2. The third-order valence-electron chi connectivity index (χ3n) is 3.20. The van der Waals surface area contributed by atoms with Crippen molar-refractivity contribution in [1.29, 1.82) is 0 Å². The molecule has 0 spiro atoms. The summed E-state index contributed by atoms with van der Waals surface area (Å²) in [6, 6.07) is 4.37. The third kappa shape index (κ3) is 4.40. The summed E-state index contributed by atoms with van der Waals surface area (Å²) in [5.74, 6) is 0. The Labute approximate surface area is 132 Å². The number of halogens is 1. The van der Waals surface area contributed by atoms with Gasteiger partial charge in [0.15, 0.2) is 0 Å². The van der Waals surface area contributed by atoms with Crippen molar-refractivity contribution in [3.8, 4) is 0 Å². The highest BCUT2D eigenvalue weighted by atomic mass is 35.5. The van der Waals surface area contributed by atoms with Crippen LogP contribution in [-0.4, -0.2) is 56.0 Å². The van der Waals surface area contributed by atoms with Crippen LogP contribution in [0.3, 0.4) is 0 Å². The third-order valence-corrected chi connectivity index (χ3v) is 5.77. The largest absolute Gasteiger partial charge is 0.392 e. The standard InChI is InChI=1S/C14H23ClN2O3S/c1-5-17(11(2)9-16(3)4)21(19,20)14-8-12(10-18)6-7-13(14)15/h6-8,11,18H,5,9-10H2,1-4H3. The zero-order valence-corrected chi connectivity index (χ0v) is 14.4. The molecule has 120 valence electrons. The molecule has 5 nitrogen and oxygen atoms in total. The molecule has 0 aliphatic carbocycles. The van der Waals surface area contributed by atoms with Crippen molar-refractivity contribution < 1.29 is 13.5 Å². The number of aliphatic hydroxyl groups is 1. The van der Waals surface area contributed by atoms with Crippen molar-refractivity contribution in [3.05, 3.63) is 28.8 Å². The Morgan fingerprint density at radius 2 is 1.95 bits per heavy atom. The second-order valence-corrected chi connectivity index (χ2v) is 7.51. The van der Waals surface area contributed by atoms with Gasteiger partial charge >= 0.3 is 0 Å². The fourth-order valence-electron chi connectivity index (χ4n) is 2.31. The van der Waals surface area contributed by atoms with Gasteiger partial charge in [0.25, 0.3) is 0 Å². The predicted molar refractivity (Wildman–Crippen MR) is 85.0 cm³/mol. The van der Waals surface area contributed by atoms with Gasteiger partial charge < -0.3 is 10.0 Å². The average Bonchev–Trinajstić information content (AvgIpc) is 2.38. The molecule has 1 atom stereocenters. The summed E-state index contributed by atoms with van der Waals surface area (Å²) in [6.45, 7) is 4.42. The maximum atomic E-state index is 12.8. The molecule has 1 rings (SSSR count). The highest BCUT2D eigenvalue weighted by molar-refractivity contribution is 7.89. The molecule has 21 heavy (non-hydrogen) atoms. The summed E-state index contributed by atoms with van der Waals surface area (Å²) in [5.41, 5.74) is 0.522. The van der Waals surface area contributed by atoms with Crippen molar-refractivity contribution in [3.63, 3.8) is 0 Å². The maximum Gasteiger partial charge on any atom is 0.244 e. The van der Waals surface area contributed by atoms with Crippen molar-refractivity contribution >= 4 is 21.6 Å². The quantitative estimate of drug-likeness (QED) is 0.826. The number of aliphatic hydroxyl groups excluding tert-OH is 1. The van der Waals surface area contributed by atoms with Crippen LogP contribution in [0.5, 0.6) is 0 Å². The lowest BCUT2D eigenvalue weighted by Crippen LogP contribution is -2.43. The number of sulfonamides is 1. The first-order valence-corrected chi connectivity index (χ1v) is 8.61. The first-order chi connectivity index (χ1) is 9.73. The summed E-state index contributed by atoms with van der Waals surface area (Å²) in [5, 5.41) is 9.35. The molecule has 0 aliphatic heterocycles. The van der Waals surface area contributed by atoms with Crippen molar-refractivity contribution in [2.24, 2.45) is 0 Å². The van der Waals surface area contributed by atoms with Gasteiger partial charge in [-0.3, -0.25) is 0 Å². The predicted octanol–water partition coefficient (Wildman–Crippen LogP) is 1.79. The zero-order valence-electron chi connectivity index (χ0n) is 12.9. The number of hydrogen-bond acceptors (Lipinski definition) is 4. The lowest BCUT2D eigenvalue weighted by molar-refractivity contribution is 0.271. The van der Waals surface area contributed by atoms with Crippen LogP contribution < -0.4 is 0 Å². The van der Waals surface area contributed by atoms with Crippen LogP contribution in [0.15, 0.2) is 23.1 Å². The fourth-order valence-corrected chi connectivity index (χ4v) is 4.47. The van der Waals surface area contributed by atoms with Gasteiger partial charge in [0, 0.05) is 19.1 Å². The lowest BCUT2D eigenvalue weighted by Gasteiger charge is -2.29. The van der Waals surface area contributed by atoms with E-state index in [2.05, 4.69) is 0 Å². The molecule has 1 aromatic rings. The average molecular weight is 335 g/mol. The number of hydrogen-bond donors (Lipinski definition) is 1. The highest BCUT2D eigenvalue weighted by Crippen LogP contribution is 2.27. The number of nitrogens with zero attached hydrogens (tertiary/aromatic N) is 2. The minimum Gasteiger partial charge on any atom is -0.392 e. The number of likely N-dealkylation sites (N-methyl/N-ethyl adjacent to an activating group) is 2. The Bertz CT molecular complexity index is 576. The van der Waals surface area contributed by atoms with E-state index >= 15 is 0 Å². The van der Waals surface area contributed by atoms with Gasteiger partial charge in [-0.05, 0) is 38.7 Å². The molecule has 1 aromatic carbocycles. The molecule has 0 radical (unpaired) electrons. The van der Waals surface area contributed by atoms with E-state index in [1.165, 1.54) is 16.4 Å². The molecule has 1 N–H and O–H groups in total. The van der Waals surface area contributed by atoms with Crippen LogP contribution in [0.25, 0.3) is 0 Å². The lowest BCUT2D eigenvalue weighted by atomic mass is 10.2. The molecule has 0 heterocycles. The van der Waals surface area contributed by atoms with E-state index in [1.54, 1.807) is 13.0 Å². The summed E-state index contributed by atoms with van der Waals surface area (Å²) in [7, 11) is 0.103. The van der Waals surface area contributed by atoms with Crippen LogP contribution in [0.2, 0.25) is 5.02 Å². The van der Waals surface area contributed by atoms with E-state index in [-0.39, 0.29) is 22.6 Å². The fraction of sp³-hybridized carbons (Fsp3) is 0.571. The van der Waals surface area contributed by atoms with Crippen molar-refractivity contribution in [2.45, 2.75) is 31.4 Å². The van der Waals surface area contributed by atoms with E-state index in [9.17, 15) is 13.5 Å². The van der Waals surface area contributed by atoms with Crippen LogP contribution in [0, 0.1) is 0 Å². The van der Waals surface area contributed by atoms with Gasteiger partial charge in [-0.1, -0.05) is 24.6 Å². The minimum absolute atomic E-state index is 0.0446. The normalized spacial score (nSPS) is 13.9. The Morgan fingerprint density at radius 3 is 2.43 bits per heavy atom. The minimum atomic E-state index is -3.70. The van der Waals surface area contributed by atoms with E-state index in [4.69, 9.17) is 11.6 Å². The Morgan fingerprint density at radius 1 is 1.33 bits per heavy atom. The second kappa shape index (κ2) is 7.56. The summed E-state index contributed by atoms with van der Waals surface area (Å²) in [6.07, 6.45) is 0. The van der Waals surface area contributed by atoms with Crippen LogP contribution >= 0.6 is 11.6 Å². The Balaban J connectivity index is 3.24. The summed E-state index contributed by atoms with van der Waals surface area (Å²) in [4.78, 5) is 1.98. The first kappa shape index (κ1) is 18.4. The van der Waals surface area contributed by atoms with Gasteiger partial charge in [0.1, 0.15) is 4.90 Å². The van der Waals surface area contributed by atoms with E-state index in [1.807, 2.05) is 25.9 Å². The van der Waals surface area contributed by atoms with Crippen LogP contribution in [0.1, 0.15) is 19.4 Å². The molecule has 0 bridgehead atoms. The summed E-state index contributed by atoms with van der Waals surface area (Å²) < 4.78 is 27.1. The maximum absolute atomic E-state index is 12.8. The van der Waals surface area contributed by atoms with Gasteiger partial charge in [-0.15, -0.1) is 0 Å². The van der Waals surface area contributed by atoms with Crippen molar-refractivity contribution in [2.75, 3.05) is 27.2 Å². The van der Waals surface area contributed by atoms with Gasteiger partial charge in [0.2, 0.25) is 10.0 Å². The Kier molecular flexibility index (Phi) is 6.62. The molecule has 7 heteroatoms.